The summed E-state index contributed by atoms with van der Waals surface area (Å²) in [5.41, 5.74) is 0.341. The van der Waals surface area contributed by atoms with Gasteiger partial charge in [-0.05, 0) is 18.3 Å². The average Bonchev–Trinajstić information content (AvgIpc) is 2.45. The van der Waals surface area contributed by atoms with Crippen molar-refractivity contribution in [1.29, 1.82) is 0 Å². The highest BCUT2D eigenvalue weighted by Gasteiger charge is 2.39. The number of rotatable bonds is 2. The maximum atomic E-state index is 12.5. The molecule has 2 aliphatic rings. The van der Waals surface area contributed by atoms with Crippen LogP contribution in [-0.4, -0.2) is 57.8 Å². The normalized spacial score (nSPS) is 25.7. The Morgan fingerprint density at radius 3 is 2.32 bits per heavy atom. The molecule has 0 radical (unpaired) electrons. The first kappa shape index (κ1) is 14.9. The van der Waals surface area contributed by atoms with Gasteiger partial charge in [-0.3, -0.25) is 14.6 Å². The van der Waals surface area contributed by atoms with Gasteiger partial charge in [0.2, 0.25) is 5.91 Å². The molecule has 2 fully saturated rings. The maximum Gasteiger partial charge on any atom is 0.274 e. The lowest BCUT2D eigenvalue weighted by molar-refractivity contribution is -0.142. The van der Waals surface area contributed by atoms with E-state index in [-0.39, 0.29) is 17.7 Å². The average molecular weight is 302 g/mol. The molecule has 1 aromatic rings. The zero-order valence-corrected chi connectivity index (χ0v) is 13.1. The molecule has 6 nitrogen and oxygen atoms in total. The second kappa shape index (κ2) is 6.02. The summed E-state index contributed by atoms with van der Waals surface area (Å²) in [5.74, 6) is 1.12. The van der Waals surface area contributed by atoms with E-state index in [1.54, 1.807) is 4.90 Å². The summed E-state index contributed by atoms with van der Waals surface area (Å²) < 4.78 is 0. The third-order valence-corrected chi connectivity index (χ3v) is 4.48. The molecule has 3 heterocycles. The highest BCUT2D eigenvalue weighted by Crippen LogP contribution is 2.26. The molecule has 2 saturated heterocycles. The van der Waals surface area contributed by atoms with Crippen molar-refractivity contribution in [2.45, 2.75) is 20.3 Å². The Bertz CT molecular complexity index is 547. The second-order valence-corrected chi connectivity index (χ2v) is 6.69. The van der Waals surface area contributed by atoms with Gasteiger partial charge < -0.3 is 9.80 Å². The summed E-state index contributed by atoms with van der Waals surface area (Å²) >= 11 is 0. The zero-order valence-electron chi connectivity index (χ0n) is 13.1. The predicted octanol–water partition coefficient (Wildman–Crippen LogP) is 1.05. The third-order valence-electron chi connectivity index (χ3n) is 4.48. The number of carbonyl (C=O) groups excluding carboxylic acids is 2. The van der Waals surface area contributed by atoms with Crippen molar-refractivity contribution in [3.63, 3.8) is 0 Å². The standard InChI is InChI=1S/C16H22N4O2/c1-11-5-12(2)8-19(7-11)15(21)13-9-20(10-13)16(22)14-6-17-3-4-18-14/h3-4,6,11-13H,5,7-10H2,1-2H3. The summed E-state index contributed by atoms with van der Waals surface area (Å²) in [4.78, 5) is 36.3. The fourth-order valence-electron chi connectivity index (χ4n) is 3.47. The molecule has 22 heavy (non-hydrogen) atoms. The Kier molecular flexibility index (Phi) is 4.09. The molecule has 0 aliphatic carbocycles. The lowest BCUT2D eigenvalue weighted by Crippen LogP contribution is -2.58. The van der Waals surface area contributed by atoms with Crippen molar-refractivity contribution in [2.75, 3.05) is 26.2 Å². The van der Waals surface area contributed by atoms with E-state index in [1.165, 1.54) is 25.0 Å². The van der Waals surface area contributed by atoms with Crippen LogP contribution < -0.4 is 0 Å². The Hall–Kier alpha value is -1.98. The maximum absolute atomic E-state index is 12.5. The van der Waals surface area contributed by atoms with E-state index in [2.05, 4.69) is 23.8 Å². The third kappa shape index (κ3) is 2.96. The number of aromatic nitrogens is 2. The van der Waals surface area contributed by atoms with Gasteiger partial charge in [0.1, 0.15) is 5.69 Å². The first-order valence-corrected chi connectivity index (χ1v) is 7.88. The highest BCUT2D eigenvalue weighted by atomic mass is 16.2. The molecule has 0 saturated carbocycles. The van der Waals surface area contributed by atoms with E-state index in [1.807, 2.05) is 4.90 Å². The van der Waals surface area contributed by atoms with Gasteiger partial charge in [-0.1, -0.05) is 13.8 Å². The van der Waals surface area contributed by atoms with Crippen molar-refractivity contribution in [2.24, 2.45) is 17.8 Å². The molecule has 0 bridgehead atoms. The molecule has 0 N–H and O–H groups in total. The molecule has 2 amide bonds. The van der Waals surface area contributed by atoms with Crippen LogP contribution in [0.3, 0.4) is 0 Å². The minimum atomic E-state index is -0.141. The summed E-state index contributed by atoms with van der Waals surface area (Å²) in [6.07, 6.45) is 5.70. The fourth-order valence-corrected chi connectivity index (χ4v) is 3.47. The van der Waals surface area contributed by atoms with Gasteiger partial charge in [-0.2, -0.15) is 0 Å². The summed E-state index contributed by atoms with van der Waals surface area (Å²) in [5, 5.41) is 0. The van der Waals surface area contributed by atoms with Crippen molar-refractivity contribution >= 4 is 11.8 Å². The minimum absolute atomic E-state index is 0.0573. The molecule has 2 atom stereocenters. The Labute approximate surface area is 130 Å². The van der Waals surface area contributed by atoms with Gasteiger partial charge in [0.05, 0.1) is 12.1 Å². The monoisotopic (exact) mass is 302 g/mol. The molecule has 3 rings (SSSR count). The van der Waals surface area contributed by atoms with E-state index >= 15 is 0 Å². The lowest BCUT2D eigenvalue weighted by atomic mass is 9.89. The van der Waals surface area contributed by atoms with Gasteiger partial charge >= 0.3 is 0 Å². The van der Waals surface area contributed by atoms with Gasteiger partial charge in [0, 0.05) is 38.6 Å². The predicted molar refractivity (Wildman–Crippen MR) is 81.0 cm³/mol. The lowest BCUT2D eigenvalue weighted by Gasteiger charge is -2.43. The van der Waals surface area contributed by atoms with Crippen molar-refractivity contribution in [1.82, 2.24) is 19.8 Å². The van der Waals surface area contributed by atoms with Crippen LogP contribution in [0.1, 0.15) is 30.8 Å². The van der Waals surface area contributed by atoms with Crippen molar-refractivity contribution < 1.29 is 9.59 Å². The topological polar surface area (TPSA) is 66.4 Å². The van der Waals surface area contributed by atoms with Crippen LogP contribution in [0.5, 0.6) is 0 Å². The molecule has 0 aromatic carbocycles. The van der Waals surface area contributed by atoms with Crippen LogP contribution in [0, 0.1) is 17.8 Å². The van der Waals surface area contributed by atoms with Crippen molar-refractivity contribution in [3.8, 4) is 0 Å². The van der Waals surface area contributed by atoms with Crippen LogP contribution in [0.25, 0.3) is 0 Å². The number of hydrogen-bond acceptors (Lipinski definition) is 4. The number of hydrogen-bond donors (Lipinski definition) is 0. The van der Waals surface area contributed by atoms with E-state index in [4.69, 9.17) is 0 Å². The van der Waals surface area contributed by atoms with Gasteiger partial charge in [0.25, 0.3) is 5.91 Å². The van der Waals surface area contributed by atoms with E-state index in [0.717, 1.165) is 13.1 Å². The van der Waals surface area contributed by atoms with E-state index in [0.29, 0.717) is 30.6 Å². The number of likely N-dealkylation sites (tertiary alicyclic amines) is 2. The molecule has 0 spiro atoms. The van der Waals surface area contributed by atoms with Crippen LogP contribution in [0.15, 0.2) is 18.6 Å². The number of nitrogens with zero attached hydrogens (tertiary/aromatic N) is 4. The number of carbonyl (C=O) groups is 2. The molecule has 2 unspecified atom stereocenters. The first-order valence-electron chi connectivity index (χ1n) is 7.88. The summed E-state index contributed by atoms with van der Waals surface area (Å²) in [6.45, 7) is 7.07. The SMILES string of the molecule is CC1CC(C)CN(C(=O)C2CN(C(=O)c3cnccn3)C2)C1. The van der Waals surface area contributed by atoms with Crippen LogP contribution >= 0.6 is 0 Å². The van der Waals surface area contributed by atoms with Gasteiger partial charge in [0.15, 0.2) is 0 Å². The smallest absolute Gasteiger partial charge is 0.274 e. The van der Waals surface area contributed by atoms with Gasteiger partial charge in [-0.25, -0.2) is 4.98 Å². The molecule has 6 heteroatoms. The van der Waals surface area contributed by atoms with Crippen molar-refractivity contribution in [3.05, 3.63) is 24.3 Å². The fraction of sp³-hybridized carbons (Fsp3) is 0.625. The van der Waals surface area contributed by atoms with Crippen LogP contribution in [-0.2, 0) is 4.79 Å². The molecule has 1 aromatic heterocycles. The van der Waals surface area contributed by atoms with E-state index in [9.17, 15) is 9.59 Å². The molecular weight excluding hydrogens is 280 g/mol. The largest absolute Gasteiger partial charge is 0.342 e. The molecule has 118 valence electrons. The van der Waals surface area contributed by atoms with Crippen LogP contribution in [0.2, 0.25) is 0 Å². The number of piperidine rings is 1. The Morgan fingerprint density at radius 2 is 1.73 bits per heavy atom. The Morgan fingerprint density at radius 1 is 1.05 bits per heavy atom. The quantitative estimate of drug-likeness (QED) is 0.819. The number of amides is 2. The first-order chi connectivity index (χ1) is 10.5. The summed E-state index contributed by atoms with van der Waals surface area (Å²) in [7, 11) is 0. The second-order valence-electron chi connectivity index (χ2n) is 6.69. The molecule has 2 aliphatic heterocycles. The zero-order chi connectivity index (χ0) is 15.7. The minimum Gasteiger partial charge on any atom is -0.342 e. The van der Waals surface area contributed by atoms with E-state index < -0.39 is 0 Å². The summed E-state index contributed by atoms with van der Waals surface area (Å²) in [6, 6.07) is 0. The Balaban J connectivity index is 1.54. The highest BCUT2D eigenvalue weighted by molar-refractivity contribution is 5.94. The van der Waals surface area contributed by atoms with Gasteiger partial charge in [-0.15, -0.1) is 0 Å². The molecular formula is C16H22N4O2. The van der Waals surface area contributed by atoms with Crippen LogP contribution in [0.4, 0.5) is 0 Å².